The Bertz CT molecular complexity index is 1270. The van der Waals surface area contributed by atoms with Gasteiger partial charge in [0.05, 0.1) is 47.3 Å². The van der Waals surface area contributed by atoms with Crippen molar-refractivity contribution in [2.75, 3.05) is 36.9 Å². The molecule has 0 bridgehead atoms. The van der Waals surface area contributed by atoms with E-state index in [1.165, 1.54) is 14.0 Å². The second-order valence-electron chi connectivity index (χ2n) is 8.70. The molecule has 1 heterocycles. The Morgan fingerprint density at radius 1 is 1.10 bits per heavy atom. The van der Waals surface area contributed by atoms with E-state index in [4.69, 9.17) is 21.1 Å². The van der Waals surface area contributed by atoms with Gasteiger partial charge in [-0.2, -0.15) is 31.4 Å². The van der Waals surface area contributed by atoms with E-state index in [1.54, 1.807) is 6.92 Å². The summed E-state index contributed by atoms with van der Waals surface area (Å²) in [5, 5.41) is 4.55. The minimum Gasteiger partial charge on any atom is -0.465 e. The molecule has 0 saturated heterocycles. The molecule has 0 aromatic heterocycles. The molecule has 15 heteroatoms. The van der Waals surface area contributed by atoms with Gasteiger partial charge in [0.15, 0.2) is 0 Å². The summed E-state index contributed by atoms with van der Waals surface area (Å²) in [6.07, 6.45) is -9.31. The van der Waals surface area contributed by atoms with E-state index < -0.39 is 45.9 Å². The molecule has 1 aliphatic heterocycles. The number of methoxy groups -OCH3 is 1. The van der Waals surface area contributed by atoms with Gasteiger partial charge in [-0.15, -0.1) is 0 Å². The zero-order chi connectivity index (χ0) is 29.9. The molecule has 0 N–H and O–H groups in total. The van der Waals surface area contributed by atoms with Crippen LogP contribution in [0.2, 0.25) is 5.02 Å². The normalized spacial score (nSPS) is 17.6. The summed E-state index contributed by atoms with van der Waals surface area (Å²) in [6.45, 7) is 2.80. The maximum absolute atomic E-state index is 13.7. The average molecular weight is 612 g/mol. The summed E-state index contributed by atoms with van der Waals surface area (Å²) >= 11 is 6.83. The van der Waals surface area contributed by atoms with Gasteiger partial charge in [-0.05, 0) is 62.2 Å². The summed E-state index contributed by atoms with van der Waals surface area (Å²) in [7, 11) is 1.43. The molecule has 0 spiro atoms. The number of hydrogen-bond donors (Lipinski definition) is 0. The van der Waals surface area contributed by atoms with E-state index in [0.717, 1.165) is 63.7 Å². The van der Waals surface area contributed by atoms with Crippen LogP contribution in [-0.2, 0) is 26.6 Å². The Morgan fingerprint density at radius 2 is 1.75 bits per heavy atom. The maximum Gasteiger partial charge on any atom is 0.417 e. The Balaban J connectivity index is 2.04. The largest absolute Gasteiger partial charge is 0.465 e. The third kappa shape index (κ3) is 6.84. The summed E-state index contributed by atoms with van der Waals surface area (Å²) in [6, 6.07) is 5.87. The van der Waals surface area contributed by atoms with Gasteiger partial charge in [-0.1, -0.05) is 17.7 Å². The maximum atomic E-state index is 13.7. The van der Waals surface area contributed by atoms with E-state index in [1.807, 2.05) is 0 Å². The molecular weight excluding hydrogens is 588 g/mol. The van der Waals surface area contributed by atoms with Crippen molar-refractivity contribution >= 4 is 46.9 Å². The van der Waals surface area contributed by atoms with Crippen molar-refractivity contribution in [3.8, 4) is 0 Å². The number of esters is 1. The fourth-order valence-electron chi connectivity index (χ4n) is 3.81. The van der Waals surface area contributed by atoms with Crippen LogP contribution in [0.3, 0.4) is 0 Å². The number of rotatable bonds is 8. The fourth-order valence-corrected chi connectivity index (χ4v) is 5.00. The molecule has 1 atom stereocenters. The van der Waals surface area contributed by atoms with Gasteiger partial charge in [0, 0.05) is 18.4 Å². The molecule has 7 nitrogen and oxygen atoms in total. The lowest BCUT2D eigenvalue weighted by atomic mass is 9.82. The number of anilines is 1. The van der Waals surface area contributed by atoms with Crippen molar-refractivity contribution in [3.63, 3.8) is 0 Å². The van der Waals surface area contributed by atoms with Gasteiger partial charge in [-0.3, -0.25) is 4.79 Å². The Hall–Kier alpha value is -2.97. The molecule has 0 saturated carbocycles. The van der Waals surface area contributed by atoms with Gasteiger partial charge < -0.3 is 9.47 Å². The minimum atomic E-state index is -4.72. The Morgan fingerprint density at radius 3 is 2.27 bits per heavy atom. The van der Waals surface area contributed by atoms with E-state index in [2.05, 4.69) is 5.10 Å². The van der Waals surface area contributed by atoms with E-state index in [9.17, 15) is 35.9 Å². The lowest BCUT2D eigenvalue weighted by molar-refractivity contribution is -0.150. The van der Waals surface area contributed by atoms with Crippen LogP contribution in [0.4, 0.5) is 36.8 Å². The van der Waals surface area contributed by atoms with Crippen LogP contribution in [0.25, 0.3) is 0 Å². The smallest absolute Gasteiger partial charge is 0.417 e. The molecule has 1 unspecified atom stereocenters. The summed E-state index contributed by atoms with van der Waals surface area (Å²) in [5.74, 6) is -0.551. The number of amides is 2. The highest BCUT2D eigenvalue weighted by Gasteiger charge is 2.49. The number of carbonyl (C=O) groups excluding carboxylic acids is 2. The van der Waals surface area contributed by atoms with Gasteiger partial charge in [0.1, 0.15) is 5.41 Å². The molecular formula is C25H24ClF6N3O4S. The highest BCUT2D eigenvalue weighted by atomic mass is 35.5. The zero-order valence-corrected chi connectivity index (χ0v) is 23.0. The number of nitrogens with zero attached hydrogens (tertiary/aromatic N) is 3. The third-order valence-electron chi connectivity index (χ3n) is 5.81. The molecule has 0 aliphatic carbocycles. The summed E-state index contributed by atoms with van der Waals surface area (Å²) in [4.78, 5) is 26.7. The van der Waals surface area contributed by atoms with Crippen LogP contribution in [0, 0.1) is 5.41 Å². The van der Waals surface area contributed by atoms with Crippen molar-refractivity contribution in [2.45, 2.75) is 26.2 Å². The van der Waals surface area contributed by atoms with Gasteiger partial charge >= 0.3 is 24.4 Å². The molecule has 1 aliphatic rings. The molecule has 3 rings (SSSR count). The minimum absolute atomic E-state index is 0.0199. The first-order valence-corrected chi connectivity index (χ1v) is 13.0. The Kier molecular flexibility index (Phi) is 9.68. The monoisotopic (exact) mass is 611 g/mol. The quantitative estimate of drug-likeness (QED) is 0.141. The predicted octanol–water partition coefficient (Wildman–Crippen LogP) is 6.89. The average Bonchev–Trinajstić information content (AvgIpc) is 3.24. The number of alkyl halides is 6. The highest BCUT2D eigenvalue weighted by molar-refractivity contribution is 8.01. The number of ether oxygens (including phenoxy) is 2. The topological polar surface area (TPSA) is 71.4 Å². The van der Waals surface area contributed by atoms with E-state index in [-0.39, 0.29) is 42.5 Å². The first-order chi connectivity index (χ1) is 18.6. The van der Waals surface area contributed by atoms with Gasteiger partial charge in [-0.25, -0.2) is 14.1 Å². The van der Waals surface area contributed by atoms with Crippen LogP contribution in [0.5, 0.6) is 0 Å². The molecule has 0 fully saturated rings. The van der Waals surface area contributed by atoms with Crippen molar-refractivity contribution < 1.29 is 45.4 Å². The second-order valence-corrected chi connectivity index (χ2v) is 10.1. The zero-order valence-electron chi connectivity index (χ0n) is 21.4. The standard InChI is InChI=1S/C25H24ClF6N3O4S/c1-4-39-21(36)23(2)14-34(33-20(23)15-5-10-18(19(26)13-15)25(30,31)32)22(37)35(40-12-11-38-3)17-8-6-16(7-9-17)24(27,28)29/h5-10,13H,4,11-12,14H2,1-3H3. The van der Waals surface area contributed by atoms with Crippen molar-refractivity contribution in [1.29, 1.82) is 0 Å². The number of halogens is 7. The fraction of sp³-hybridized carbons (Fsp3) is 0.400. The molecule has 2 aromatic carbocycles. The molecule has 0 radical (unpaired) electrons. The van der Waals surface area contributed by atoms with Crippen LogP contribution >= 0.6 is 23.5 Å². The predicted molar refractivity (Wildman–Crippen MR) is 138 cm³/mol. The van der Waals surface area contributed by atoms with Crippen molar-refractivity contribution in [3.05, 3.63) is 64.2 Å². The summed E-state index contributed by atoms with van der Waals surface area (Å²) in [5.41, 5.74) is -3.52. The summed E-state index contributed by atoms with van der Waals surface area (Å²) < 4.78 is 90.3. The van der Waals surface area contributed by atoms with E-state index in [0.29, 0.717) is 0 Å². The number of urea groups is 1. The highest BCUT2D eigenvalue weighted by Crippen LogP contribution is 2.39. The Labute approximate surface area is 235 Å². The van der Waals surface area contributed by atoms with E-state index >= 15 is 0 Å². The molecule has 2 aromatic rings. The second kappa shape index (κ2) is 12.3. The third-order valence-corrected chi connectivity index (χ3v) is 7.10. The van der Waals surface area contributed by atoms with Crippen LogP contribution in [0.1, 0.15) is 30.5 Å². The molecule has 40 heavy (non-hydrogen) atoms. The number of carbonyl (C=O) groups is 2. The first kappa shape index (κ1) is 31.6. The van der Waals surface area contributed by atoms with Crippen LogP contribution in [0.15, 0.2) is 47.6 Å². The van der Waals surface area contributed by atoms with Crippen molar-refractivity contribution in [2.24, 2.45) is 10.5 Å². The van der Waals surface area contributed by atoms with Gasteiger partial charge in [0.2, 0.25) is 0 Å². The number of hydrogen-bond acceptors (Lipinski definition) is 6. The van der Waals surface area contributed by atoms with Crippen molar-refractivity contribution in [1.82, 2.24) is 5.01 Å². The molecule has 2 amide bonds. The first-order valence-electron chi connectivity index (χ1n) is 11.7. The van der Waals surface area contributed by atoms with Gasteiger partial charge in [0.25, 0.3) is 0 Å². The molecule has 218 valence electrons. The number of hydrazone groups is 1. The van der Waals surface area contributed by atoms with Crippen LogP contribution in [-0.4, -0.2) is 55.3 Å². The lowest BCUT2D eigenvalue weighted by Crippen LogP contribution is -2.44. The SMILES string of the molecule is CCOC(=O)C1(C)CN(C(=O)N(SCCOC)c2ccc(C(F)(F)F)cc2)N=C1c1ccc(C(F)(F)F)c(Cl)c1. The number of benzene rings is 2. The van der Waals surface area contributed by atoms with Crippen LogP contribution < -0.4 is 4.31 Å². The lowest BCUT2D eigenvalue weighted by Gasteiger charge is -2.27.